The van der Waals surface area contributed by atoms with Crippen LogP contribution in [0.2, 0.25) is 0 Å². The van der Waals surface area contributed by atoms with Gasteiger partial charge in [-0.05, 0) is 62.4 Å². The summed E-state index contributed by atoms with van der Waals surface area (Å²) in [7, 11) is 0. The summed E-state index contributed by atoms with van der Waals surface area (Å²) >= 11 is 0. The van der Waals surface area contributed by atoms with E-state index in [1.54, 1.807) is 18.2 Å². The van der Waals surface area contributed by atoms with Crippen LogP contribution in [0, 0.1) is 34.6 Å². The molecule has 1 heterocycles. The van der Waals surface area contributed by atoms with Gasteiger partial charge in [-0.15, -0.1) is 0 Å². The van der Waals surface area contributed by atoms with E-state index < -0.39 is 28.8 Å². The average molecular weight is 631 g/mol. The summed E-state index contributed by atoms with van der Waals surface area (Å²) in [4.78, 5) is 4.51. The summed E-state index contributed by atoms with van der Waals surface area (Å²) in [5, 5.41) is 12.6. The Kier molecular flexibility index (Phi) is 6.96. The molecule has 0 aliphatic heterocycles. The second-order valence-electron chi connectivity index (χ2n) is 11.6. The zero-order chi connectivity index (χ0) is 32.9. The van der Waals surface area contributed by atoms with Crippen molar-refractivity contribution in [1.29, 1.82) is 5.26 Å². The normalized spacial score (nSPS) is 11.3. The summed E-state index contributed by atoms with van der Waals surface area (Å²) in [6, 6.07) is 43.0. The summed E-state index contributed by atoms with van der Waals surface area (Å²) in [5.41, 5.74) is 6.18. The number of rotatable bonds is 4. The zero-order valence-corrected chi connectivity index (χ0v) is 25.1. The third-order valence-electron chi connectivity index (χ3n) is 8.83. The van der Waals surface area contributed by atoms with Crippen LogP contribution in [-0.2, 0) is 0 Å². The fraction of sp³-hybridized carbons (Fsp3) is 0. The van der Waals surface area contributed by atoms with E-state index in [9.17, 15) is 8.78 Å². The number of hydrogen-bond donors (Lipinski definition) is 0. The Hall–Kier alpha value is -6.32. The quantitative estimate of drug-likeness (QED) is 0.110. The Bertz CT molecular complexity index is 2560. The van der Waals surface area contributed by atoms with E-state index in [0.717, 1.165) is 49.5 Å². The number of pyridine rings is 1. The second-order valence-corrected chi connectivity index (χ2v) is 11.6. The van der Waals surface area contributed by atoms with Crippen molar-refractivity contribution >= 4 is 32.4 Å². The average Bonchev–Trinajstić information content (AvgIpc) is 3.14. The predicted molar refractivity (Wildman–Crippen MR) is 183 cm³/mol. The second kappa shape index (κ2) is 11.5. The van der Waals surface area contributed by atoms with Gasteiger partial charge in [0.05, 0.1) is 28.4 Å². The maximum absolute atomic E-state index is 15.1. The van der Waals surface area contributed by atoms with Crippen LogP contribution >= 0.6 is 0 Å². The monoisotopic (exact) mass is 630 g/mol. The van der Waals surface area contributed by atoms with E-state index >= 15 is 8.78 Å². The molecule has 0 aliphatic carbocycles. The van der Waals surface area contributed by atoms with Gasteiger partial charge in [-0.1, -0.05) is 109 Å². The first-order valence-corrected chi connectivity index (χ1v) is 15.2. The van der Waals surface area contributed by atoms with E-state index in [1.165, 1.54) is 0 Å². The smallest absolute Gasteiger partial charge is 0.171 e. The van der Waals surface area contributed by atoms with Gasteiger partial charge in [-0.3, -0.25) is 0 Å². The molecular weight excluding hydrogens is 608 g/mol. The van der Waals surface area contributed by atoms with Gasteiger partial charge in [0.1, 0.15) is 0 Å². The number of hydrogen-bond acceptors (Lipinski definition) is 2. The van der Waals surface area contributed by atoms with E-state index in [2.05, 4.69) is 59.6 Å². The Morgan fingerprint density at radius 3 is 1.60 bits per heavy atom. The minimum absolute atomic E-state index is 0.168. The van der Waals surface area contributed by atoms with E-state index in [-0.39, 0.29) is 11.8 Å². The van der Waals surface area contributed by atoms with Crippen molar-refractivity contribution < 1.29 is 17.6 Å². The van der Waals surface area contributed by atoms with Crippen LogP contribution in [0.5, 0.6) is 0 Å². The van der Waals surface area contributed by atoms with Crippen molar-refractivity contribution in [2.45, 2.75) is 0 Å². The SMILES string of the molecule is N#Cc1ccc(-c2ccc(-c3ccc(-c4cccc5c4ccc4c(-c6c(F)c(F)cc(F)c6F)nc6ccccc6c45)cc3)cc2)cc1. The molecule has 0 amide bonds. The third-order valence-corrected chi connectivity index (χ3v) is 8.83. The van der Waals surface area contributed by atoms with Crippen LogP contribution in [0.1, 0.15) is 5.56 Å². The van der Waals surface area contributed by atoms with Crippen LogP contribution in [0.25, 0.3) is 77.1 Å². The molecule has 0 fully saturated rings. The highest BCUT2D eigenvalue weighted by atomic mass is 19.2. The van der Waals surface area contributed by atoms with Gasteiger partial charge in [-0.25, -0.2) is 22.5 Å². The molecule has 48 heavy (non-hydrogen) atoms. The molecule has 0 bridgehead atoms. The van der Waals surface area contributed by atoms with Crippen molar-refractivity contribution in [3.8, 4) is 50.7 Å². The molecule has 1 aromatic heterocycles. The number of aromatic nitrogens is 1. The molecule has 0 unspecified atom stereocenters. The summed E-state index contributed by atoms with van der Waals surface area (Å²) in [6.45, 7) is 0. The van der Waals surface area contributed by atoms with E-state index in [0.29, 0.717) is 21.9 Å². The summed E-state index contributed by atoms with van der Waals surface area (Å²) < 4.78 is 58.9. The number of benzene rings is 7. The first kappa shape index (κ1) is 29.1. The lowest BCUT2D eigenvalue weighted by Crippen LogP contribution is -2.01. The molecule has 228 valence electrons. The molecule has 2 nitrogen and oxygen atoms in total. The zero-order valence-electron chi connectivity index (χ0n) is 25.1. The van der Waals surface area contributed by atoms with Crippen LogP contribution < -0.4 is 0 Å². The lowest BCUT2D eigenvalue weighted by molar-refractivity contribution is 0.458. The molecular formula is C42H22F4N2. The topological polar surface area (TPSA) is 36.7 Å². The van der Waals surface area contributed by atoms with E-state index in [1.807, 2.05) is 60.7 Å². The number of nitriles is 1. The van der Waals surface area contributed by atoms with Crippen molar-refractivity contribution in [3.05, 3.63) is 162 Å². The van der Waals surface area contributed by atoms with Gasteiger partial charge in [0.15, 0.2) is 23.3 Å². The van der Waals surface area contributed by atoms with Crippen molar-refractivity contribution in [3.63, 3.8) is 0 Å². The van der Waals surface area contributed by atoms with Crippen molar-refractivity contribution in [2.24, 2.45) is 0 Å². The van der Waals surface area contributed by atoms with Gasteiger partial charge >= 0.3 is 0 Å². The summed E-state index contributed by atoms with van der Waals surface area (Å²) in [5.74, 6) is -5.95. The minimum atomic E-state index is -1.49. The van der Waals surface area contributed by atoms with Crippen LogP contribution in [0.3, 0.4) is 0 Å². The summed E-state index contributed by atoms with van der Waals surface area (Å²) in [6.07, 6.45) is 0. The van der Waals surface area contributed by atoms with Crippen molar-refractivity contribution in [1.82, 2.24) is 4.98 Å². The number of halogens is 4. The molecule has 6 heteroatoms. The lowest BCUT2D eigenvalue weighted by Gasteiger charge is -2.16. The van der Waals surface area contributed by atoms with Gasteiger partial charge in [-0.2, -0.15) is 5.26 Å². The predicted octanol–water partition coefficient (Wildman–Crippen LogP) is 11.6. The number of para-hydroxylation sites is 1. The molecule has 8 aromatic rings. The molecule has 8 rings (SSSR count). The van der Waals surface area contributed by atoms with Gasteiger partial charge in [0.25, 0.3) is 0 Å². The Morgan fingerprint density at radius 2 is 1.00 bits per heavy atom. The van der Waals surface area contributed by atoms with Crippen LogP contribution in [0.4, 0.5) is 17.6 Å². The van der Waals surface area contributed by atoms with Gasteiger partial charge in [0.2, 0.25) is 0 Å². The van der Waals surface area contributed by atoms with Gasteiger partial charge < -0.3 is 0 Å². The maximum Gasteiger partial charge on any atom is 0.171 e. The first-order valence-electron chi connectivity index (χ1n) is 15.2. The lowest BCUT2D eigenvalue weighted by atomic mass is 9.91. The highest BCUT2D eigenvalue weighted by Gasteiger charge is 2.25. The standard InChI is InChI=1S/C42H22F4N2/c43-35-22-36(44)41(46)39(40(35)45)42-34-21-20-31-30(5-3-6-32(31)38(34)33-4-1-2-7-37(33)48-42)29-18-16-28(17-19-29)27-14-12-26(13-15-27)25-10-8-24(23-47)9-11-25/h1-22H. The van der Waals surface area contributed by atoms with Crippen LogP contribution in [0.15, 0.2) is 133 Å². The number of nitrogens with zero attached hydrogens (tertiary/aromatic N) is 2. The third kappa shape index (κ3) is 4.76. The van der Waals surface area contributed by atoms with E-state index in [4.69, 9.17) is 5.26 Å². The molecule has 0 saturated carbocycles. The molecule has 0 atom stereocenters. The first-order chi connectivity index (χ1) is 23.4. The Morgan fingerprint density at radius 1 is 0.479 bits per heavy atom. The largest absolute Gasteiger partial charge is 0.247 e. The molecule has 0 N–H and O–H groups in total. The van der Waals surface area contributed by atoms with Crippen molar-refractivity contribution in [2.75, 3.05) is 0 Å². The molecule has 0 aliphatic rings. The highest BCUT2D eigenvalue weighted by Crippen LogP contribution is 2.41. The molecule has 0 saturated heterocycles. The Balaban J connectivity index is 1.23. The maximum atomic E-state index is 15.1. The number of fused-ring (bicyclic) bond motifs is 5. The molecule has 0 spiro atoms. The Labute approximate surface area is 272 Å². The fourth-order valence-electron chi connectivity index (χ4n) is 6.47. The highest BCUT2D eigenvalue weighted by molar-refractivity contribution is 6.24. The molecule has 0 radical (unpaired) electrons. The van der Waals surface area contributed by atoms with Gasteiger partial charge in [0, 0.05) is 22.2 Å². The van der Waals surface area contributed by atoms with Crippen LogP contribution in [-0.4, -0.2) is 4.98 Å². The fourth-order valence-corrected chi connectivity index (χ4v) is 6.47. The minimum Gasteiger partial charge on any atom is -0.247 e. The molecule has 7 aromatic carbocycles.